The molecule has 0 aliphatic rings. The minimum atomic E-state index is -0.115. The number of fused-ring (bicyclic) bond motifs is 1. The SMILES string of the molecule is CN(Cc1cc(Br)nn1C)c1ccc2nnc(C(C)(C)C)n2n1. The van der Waals surface area contributed by atoms with Gasteiger partial charge >= 0.3 is 0 Å². The van der Waals surface area contributed by atoms with Crippen LogP contribution in [0.5, 0.6) is 0 Å². The van der Waals surface area contributed by atoms with Crippen LogP contribution in [0.4, 0.5) is 5.82 Å². The Labute approximate surface area is 143 Å². The van der Waals surface area contributed by atoms with E-state index in [-0.39, 0.29) is 5.41 Å². The second-order valence-electron chi connectivity index (χ2n) is 6.67. The number of aromatic nitrogens is 6. The lowest BCUT2D eigenvalue weighted by Gasteiger charge is -2.19. The lowest BCUT2D eigenvalue weighted by Crippen LogP contribution is -2.22. The van der Waals surface area contributed by atoms with E-state index in [1.54, 1.807) is 0 Å². The van der Waals surface area contributed by atoms with Crippen molar-refractivity contribution >= 4 is 27.4 Å². The van der Waals surface area contributed by atoms with Gasteiger partial charge in [-0.25, -0.2) is 0 Å². The summed E-state index contributed by atoms with van der Waals surface area (Å²) in [5.74, 6) is 1.71. The summed E-state index contributed by atoms with van der Waals surface area (Å²) in [4.78, 5) is 2.08. The summed E-state index contributed by atoms with van der Waals surface area (Å²) >= 11 is 3.40. The third kappa shape index (κ3) is 3.08. The van der Waals surface area contributed by atoms with E-state index in [4.69, 9.17) is 5.10 Å². The van der Waals surface area contributed by atoms with Gasteiger partial charge in [0.25, 0.3) is 0 Å². The summed E-state index contributed by atoms with van der Waals surface area (Å²) < 4.78 is 4.52. The number of hydrogen-bond acceptors (Lipinski definition) is 5. The van der Waals surface area contributed by atoms with Crippen molar-refractivity contribution in [3.8, 4) is 0 Å². The summed E-state index contributed by atoms with van der Waals surface area (Å²) in [6.07, 6.45) is 0. The summed E-state index contributed by atoms with van der Waals surface area (Å²) in [6.45, 7) is 7.03. The molecule has 0 aromatic carbocycles. The first kappa shape index (κ1) is 15.9. The third-order valence-corrected chi connectivity index (χ3v) is 4.04. The molecule has 3 aromatic heterocycles. The predicted molar refractivity (Wildman–Crippen MR) is 92.5 cm³/mol. The molecule has 0 N–H and O–H groups in total. The molecule has 122 valence electrons. The molecule has 0 fully saturated rings. The molecule has 0 unspecified atom stereocenters. The molecule has 0 aliphatic heterocycles. The zero-order chi connectivity index (χ0) is 16.8. The predicted octanol–water partition coefficient (Wildman–Crippen LogP) is 2.55. The first-order valence-electron chi connectivity index (χ1n) is 7.38. The van der Waals surface area contributed by atoms with Crippen LogP contribution in [0, 0.1) is 0 Å². The van der Waals surface area contributed by atoms with E-state index in [2.05, 4.69) is 56.9 Å². The van der Waals surface area contributed by atoms with Crippen molar-refractivity contribution in [1.82, 2.24) is 29.6 Å². The van der Waals surface area contributed by atoms with Gasteiger partial charge in [-0.05, 0) is 34.1 Å². The Kier molecular flexibility index (Phi) is 3.87. The van der Waals surface area contributed by atoms with Crippen LogP contribution in [0.1, 0.15) is 32.3 Å². The zero-order valence-corrected chi connectivity index (χ0v) is 15.5. The Morgan fingerprint density at radius 2 is 1.91 bits per heavy atom. The quantitative estimate of drug-likeness (QED) is 0.701. The first-order chi connectivity index (χ1) is 10.8. The number of rotatable bonds is 3. The zero-order valence-electron chi connectivity index (χ0n) is 13.9. The van der Waals surface area contributed by atoms with Crippen molar-refractivity contribution in [2.45, 2.75) is 32.7 Å². The van der Waals surface area contributed by atoms with Crippen molar-refractivity contribution in [2.75, 3.05) is 11.9 Å². The molecular weight excluding hydrogens is 358 g/mol. The van der Waals surface area contributed by atoms with Gasteiger partial charge in [0, 0.05) is 19.5 Å². The highest BCUT2D eigenvalue weighted by Gasteiger charge is 2.22. The monoisotopic (exact) mass is 377 g/mol. The standard InChI is InChI=1S/C15H20BrN7/c1-15(2,3)14-18-17-12-6-7-13(20-23(12)14)21(4)9-10-8-11(16)19-22(10)5/h6-8H,9H2,1-5H3. The second kappa shape index (κ2) is 5.59. The van der Waals surface area contributed by atoms with Crippen LogP contribution in [-0.2, 0) is 19.0 Å². The average Bonchev–Trinajstić information content (AvgIpc) is 3.01. The van der Waals surface area contributed by atoms with E-state index in [0.717, 1.165) is 27.6 Å². The lowest BCUT2D eigenvalue weighted by atomic mass is 9.96. The highest BCUT2D eigenvalue weighted by molar-refractivity contribution is 9.10. The summed E-state index contributed by atoms with van der Waals surface area (Å²) in [5.41, 5.74) is 1.74. The fourth-order valence-corrected chi connectivity index (χ4v) is 2.89. The van der Waals surface area contributed by atoms with E-state index >= 15 is 0 Å². The van der Waals surface area contributed by atoms with Gasteiger partial charge in [0.1, 0.15) is 10.4 Å². The van der Waals surface area contributed by atoms with Gasteiger partial charge in [-0.2, -0.15) is 9.61 Å². The van der Waals surface area contributed by atoms with Crippen molar-refractivity contribution in [3.05, 3.63) is 34.3 Å². The van der Waals surface area contributed by atoms with Crippen LogP contribution in [0.25, 0.3) is 5.65 Å². The van der Waals surface area contributed by atoms with Crippen LogP contribution in [0.3, 0.4) is 0 Å². The van der Waals surface area contributed by atoms with Crippen LogP contribution in [0.2, 0.25) is 0 Å². The van der Waals surface area contributed by atoms with Gasteiger partial charge in [-0.1, -0.05) is 20.8 Å². The smallest absolute Gasteiger partial charge is 0.178 e. The summed E-state index contributed by atoms with van der Waals surface area (Å²) in [7, 11) is 3.94. The Morgan fingerprint density at radius 1 is 1.17 bits per heavy atom. The Balaban J connectivity index is 1.94. The molecule has 7 nitrogen and oxygen atoms in total. The molecular formula is C15H20BrN7. The number of aryl methyl sites for hydroxylation is 1. The van der Waals surface area contributed by atoms with E-state index in [0.29, 0.717) is 6.54 Å². The highest BCUT2D eigenvalue weighted by atomic mass is 79.9. The van der Waals surface area contributed by atoms with Gasteiger partial charge in [0.05, 0.1) is 12.2 Å². The van der Waals surface area contributed by atoms with Crippen molar-refractivity contribution < 1.29 is 0 Å². The van der Waals surface area contributed by atoms with Gasteiger partial charge in [0.15, 0.2) is 11.5 Å². The van der Waals surface area contributed by atoms with E-state index in [1.165, 1.54) is 0 Å². The molecule has 0 saturated carbocycles. The van der Waals surface area contributed by atoms with Crippen LogP contribution < -0.4 is 4.90 Å². The molecule has 3 aromatic rings. The van der Waals surface area contributed by atoms with Gasteiger partial charge in [0.2, 0.25) is 0 Å². The highest BCUT2D eigenvalue weighted by Crippen LogP contribution is 2.22. The molecule has 8 heteroatoms. The van der Waals surface area contributed by atoms with E-state index in [1.807, 2.05) is 41.5 Å². The maximum Gasteiger partial charge on any atom is 0.178 e. The van der Waals surface area contributed by atoms with Crippen LogP contribution >= 0.6 is 15.9 Å². The Bertz CT molecular complexity index is 843. The fourth-order valence-electron chi connectivity index (χ4n) is 2.39. The van der Waals surface area contributed by atoms with Crippen molar-refractivity contribution in [3.63, 3.8) is 0 Å². The normalized spacial score (nSPS) is 12.1. The number of nitrogens with zero attached hydrogens (tertiary/aromatic N) is 7. The second-order valence-corrected chi connectivity index (χ2v) is 7.49. The molecule has 0 spiro atoms. The molecule has 0 atom stereocenters. The molecule has 0 amide bonds. The van der Waals surface area contributed by atoms with Crippen molar-refractivity contribution in [1.29, 1.82) is 0 Å². The largest absolute Gasteiger partial charge is 0.352 e. The third-order valence-electron chi connectivity index (χ3n) is 3.66. The van der Waals surface area contributed by atoms with Crippen LogP contribution in [0.15, 0.2) is 22.8 Å². The maximum absolute atomic E-state index is 4.71. The van der Waals surface area contributed by atoms with Gasteiger partial charge in [-0.15, -0.1) is 15.3 Å². The van der Waals surface area contributed by atoms with Crippen LogP contribution in [-0.4, -0.2) is 36.6 Å². The molecule has 3 heterocycles. The maximum atomic E-state index is 4.71. The minimum Gasteiger partial charge on any atom is -0.352 e. The molecule has 0 bridgehead atoms. The molecule has 0 aliphatic carbocycles. The summed E-state index contributed by atoms with van der Waals surface area (Å²) in [6, 6.07) is 5.91. The number of anilines is 1. The van der Waals surface area contributed by atoms with E-state index < -0.39 is 0 Å². The number of halogens is 1. The molecule has 0 saturated heterocycles. The van der Waals surface area contributed by atoms with Crippen molar-refractivity contribution in [2.24, 2.45) is 7.05 Å². The molecule has 3 rings (SSSR count). The number of hydrogen-bond donors (Lipinski definition) is 0. The Morgan fingerprint density at radius 3 is 2.52 bits per heavy atom. The molecule has 23 heavy (non-hydrogen) atoms. The lowest BCUT2D eigenvalue weighted by molar-refractivity contribution is 0.526. The fraction of sp³-hybridized carbons (Fsp3) is 0.467. The summed E-state index contributed by atoms with van der Waals surface area (Å²) in [5, 5.41) is 17.5. The van der Waals surface area contributed by atoms with Gasteiger partial charge in [-0.3, -0.25) is 4.68 Å². The van der Waals surface area contributed by atoms with E-state index in [9.17, 15) is 0 Å². The first-order valence-corrected chi connectivity index (χ1v) is 8.17. The average molecular weight is 378 g/mol. The topological polar surface area (TPSA) is 64.1 Å². The minimum absolute atomic E-state index is 0.115. The Hall–Kier alpha value is -1.96. The molecule has 0 radical (unpaired) electrons. The van der Waals surface area contributed by atoms with Gasteiger partial charge < -0.3 is 4.90 Å².